The van der Waals surface area contributed by atoms with Crippen molar-refractivity contribution in [2.75, 3.05) is 0 Å². The molecule has 122 valence electrons. The minimum atomic E-state index is -1.09. The van der Waals surface area contributed by atoms with Gasteiger partial charge in [0.15, 0.2) is 0 Å². The van der Waals surface area contributed by atoms with E-state index >= 15 is 0 Å². The van der Waals surface area contributed by atoms with Crippen molar-refractivity contribution in [3.05, 3.63) is 60.3 Å². The number of benzene rings is 2. The van der Waals surface area contributed by atoms with Gasteiger partial charge < -0.3 is 10.2 Å². The quantitative estimate of drug-likeness (QED) is 0.531. The normalized spacial score (nSPS) is 10.9. The average molecular weight is 332 g/mol. The maximum atomic E-state index is 11.5. The second kappa shape index (κ2) is 5.72. The van der Waals surface area contributed by atoms with Crippen LogP contribution in [0.4, 0.5) is 0 Å². The first-order valence-corrected chi connectivity index (χ1v) is 7.46. The molecule has 2 aromatic carbocycles. The zero-order valence-electron chi connectivity index (χ0n) is 12.8. The number of phenols is 1. The van der Waals surface area contributed by atoms with Crippen molar-refractivity contribution in [1.29, 1.82) is 0 Å². The topological polar surface area (TPSA) is 112 Å². The number of aromatic amines is 1. The van der Waals surface area contributed by atoms with Crippen molar-refractivity contribution in [2.45, 2.75) is 0 Å². The zero-order chi connectivity index (χ0) is 17.4. The van der Waals surface area contributed by atoms with Crippen molar-refractivity contribution >= 4 is 16.9 Å². The fraction of sp³-hybridized carbons (Fsp3) is 0. The second-order valence-corrected chi connectivity index (χ2v) is 5.44. The van der Waals surface area contributed by atoms with Gasteiger partial charge in [-0.25, -0.2) is 4.79 Å². The Morgan fingerprint density at radius 3 is 2.40 bits per heavy atom. The smallest absolute Gasteiger partial charge is 0.336 e. The van der Waals surface area contributed by atoms with Crippen molar-refractivity contribution < 1.29 is 15.0 Å². The number of carboxylic acids is 1. The minimum absolute atomic E-state index is 0.0620. The molecule has 0 bridgehead atoms. The summed E-state index contributed by atoms with van der Waals surface area (Å²) in [6, 6.07) is 13.8. The molecule has 2 heterocycles. The highest BCUT2D eigenvalue weighted by molar-refractivity contribution is 6.05. The molecule has 0 atom stereocenters. The van der Waals surface area contributed by atoms with E-state index in [9.17, 15) is 15.0 Å². The maximum Gasteiger partial charge on any atom is 0.336 e. The van der Waals surface area contributed by atoms with Crippen LogP contribution in [-0.4, -0.2) is 36.6 Å². The van der Waals surface area contributed by atoms with Gasteiger partial charge in [-0.2, -0.15) is 15.4 Å². The first kappa shape index (κ1) is 14.8. The molecule has 0 amide bonds. The number of hydrogen-bond acceptors (Lipinski definition) is 5. The first-order chi connectivity index (χ1) is 12.1. The lowest BCUT2D eigenvalue weighted by atomic mass is 10.0. The van der Waals surface area contributed by atoms with E-state index in [0.29, 0.717) is 22.3 Å². The number of carbonyl (C=O) groups is 1. The fourth-order valence-corrected chi connectivity index (χ4v) is 2.75. The molecule has 25 heavy (non-hydrogen) atoms. The van der Waals surface area contributed by atoms with Gasteiger partial charge in [-0.15, -0.1) is 0 Å². The molecule has 0 saturated heterocycles. The number of aromatic nitrogens is 4. The van der Waals surface area contributed by atoms with Crippen LogP contribution in [0.25, 0.3) is 33.4 Å². The molecule has 0 radical (unpaired) electrons. The summed E-state index contributed by atoms with van der Waals surface area (Å²) in [5, 5.41) is 30.6. The summed E-state index contributed by atoms with van der Waals surface area (Å²) < 4.78 is 0. The molecular weight excluding hydrogens is 320 g/mol. The third-order valence-electron chi connectivity index (χ3n) is 3.93. The number of phenolic OH excluding ortho intramolecular Hbond substituents is 1. The van der Waals surface area contributed by atoms with Crippen molar-refractivity contribution in [3.63, 3.8) is 0 Å². The number of aromatic hydroxyl groups is 1. The Balaban J connectivity index is 1.94. The summed E-state index contributed by atoms with van der Waals surface area (Å²) in [7, 11) is 0. The summed E-state index contributed by atoms with van der Waals surface area (Å²) in [5.41, 5.74) is 2.97. The van der Waals surface area contributed by atoms with E-state index in [1.54, 1.807) is 6.07 Å². The van der Waals surface area contributed by atoms with E-state index in [0.717, 1.165) is 5.56 Å². The lowest BCUT2D eigenvalue weighted by Gasteiger charge is -2.07. The van der Waals surface area contributed by atoms with E-state index in [-0.39, 0.29) is 16.8 Å². The highest BCUT2D eigenvalue weighted by atomic mass is 16.4. The van der Waals surface area contributed by atoms with Crippen molar-refractivity contribution in [3.8, 4) is 28.3 Å². The van der Waals surface area contributed by atoms with E-state index < -0.39 is 5.97 Å². The van der Waals surface area contributed by atoms with Crippen LogP contribution in [-0.2, 0) is 0 Å². The molecule has 0 aliphatic rings. The van der Waals surface area contributed by atoms with Gasteiger partial charge in [0, 0.05) is 22.7 Å². The van der Waals surface area contributed by atoms with Crippen LogP contribution in [0.15, 0.2) is 54.7 Å². The van der Waals surface area contributed by atoms with E-state index in [4.69, 9.17) is 0 Å². The lowest BCUT2D eigenvalue weighted by Crippen LogP contribution is -1.98. The van der Waals surface area contributed by atoms with Gasteiger partial charge in [-0.05, 0) is 18.2 Å². The molecular formula is C18H12N4O3. The van der Waals surface area contributed by atoms with Crippen LogP contribution >= 0.6 is 0 Å². The first-order valence-electron chi connectivity index (χ1n) is 7.46. The Kier molecular flexibility index (Phi) is 3.39. The highest BCUT2D eigenvalue weighted by Gasteiger charge is 2.17. The van der Waals surface area contributed by atoms with Crippen LogP contribution in [0, 0.1) is 0 Å². The predicted molar refractivity (Wildman–Crippen MR) is 91.2 cm³/mol. The molecule has 2 aromatic heterocycles. The van der Waals surface area contributed by atoms with Gasteiger partial charge >= 0.3 is 5.97 Å². The molecule has 0 aliphatic heterocycles. The van der Waals surface area contributed by atoms with Crippen molar-refractivity contribution in [2.24, 2.45) is 0 Å². The van der Waals surface area contributed by atoms with Gasteiger partial charge in [0.1, 0.15) is 22.7 Å². The van der Waals surface area contributed by atoms with Crippen LogP contribution in [0.5, 0.6) is 5.75 Å². The zero-order valence-corrected chi connectivity index (χ0v) is 12.8. The summed E-state index contributed by atoms with van der Waals surface area (Å²) in [6.07, 6.45) is 1.54. The third kappa shape index (κ3) is 2.47. The molecule has 0 fully saturated rings. The number of fused-ring (bicyclic) bond motifs is 1. The second-order valence-electron chi connectivity index (χ2n) is 5.44. The Labute approximate surface area is 141 Å². The predicted octanol–water partition coefficient (Wildman–Crippen LogP) is 3.09. The van der Waals surface area contributed by atoms with Crippen LogP contribution < -0.4 is 0 Å². The summed E-state index contributed by atoms with van der Waals surface area (Å²) in [6.45, 7) is 0. The molecule has 4 aromatic rings. The molecule has 0 unspecified atom stereocenters. The van der Waals surface area contributed by atoms with Crippen molar-refractivity contribution in [1.82, 2.24) is 20.4 Å². The number of carboxylic acid groups (broad SMARTS) is 1. The largest absolute Gasteiger partial charge is 0.506 e. The Morgan fingerprint density at radius 2 is 1.68 bits per heavy atom. The number of pyridine rings is 1. The Morgan fingerprint density at radius 1 is 0.960 bits per heavy atom. The lowest BCUT2D eigenvalue weighted by molar-refractivity contribution is 0.0699. The molecule has 0 saturated carbocycles. The van der Waals surface area contributed by atoms with Gasteiger partial charge in [0.05, 0.1) is 5.56 Å². The minimum Gasteiger partial charge on any atom is -0.506 e. The van der Waals surface area contributed by atoms with E-state index in [1.165, 1.54) is 18.3 Å². The molecule has 0 spiro atoms. The van der Waals surface area contributed by atoms with E-state index in [1.807, 2.05) is 30.3 Å². The van der Waals surface area contributed by atoms with Gasteiger partial charge in [-0.3, -0.25) is 4.98 Å². The molecule has 3 N–H and O–H groups in total. The highest BCUT2D eigenvalue weighted by Crippen LogP contribution is 2.32. The number of nitrogens with one attached hydrogen (secondary N) is 1. The number of rotatable bonds is 3. The van der Waals surface area contributed by atoms with Gasteiger partial charge in [0.25, 0.3) is 0 Å². The van der Waals surface area contributed by atoms with E-state index in [2.05, 4.69) is 20.4 Å². The van der Waals surface area contributed by atoms with Crippen LogP contribution in [0.1, 0.15) is 10.4 Å². The van der Waals surface area contributed by atoms with Crippen LogP contribution in [0.3, 0.4) is 0 Å². The monoisotopic (exact) mass is 332 g/mol. The molecule has 4 rings (SSSR count). The maximum absolute atomic E-state index is 11.5. The Hall–Kier alpha value is -3.74. The standard InChI is InChI=1S/C18H12N4O3/c23-14-7-6-12(18(24)25)13-8-11(9-19-17(13)14)16-15(20-22-21-16)10-4-2-1-3-5-10/h1-9,23H,(H,24,25)(H,20,21,22). The van der Waals surface area contributed by atoms with Gasteiger partial charge in [0.2, 0.25) is 0 Å². The SMILES string of the molecule is O=C(O)c1ccc(O)c2ncc(-c3n[nH]nc3-c3ccccc3)cc12. The third-order valence-corrected chi connectivity index (χ3v) is 3.93. The summed E-state index contributed by atoms with van der Waals surface area (Å²) >= 11 is 0. The number of aromatic carboxylic acids is 1. The molecule has 7 nitrogen and oxygen atoms in total. The summed E-state index contributed by atoms with van der Waals surface area (Å²) in [5.74, 6) is -1.16. The number of H-pyrrole nitrogens is 1. The number of nitrogens with zero attached hydrogens (tertiary/aromatic N) is 3. The van der Waals surface area contributed by atoms with Crippen LogP contribution in [0.2, 0.25) is 0 Å². The molecule has 7 heteroatoms. The summed E-state index contributed by atoms with van der Waals surface area (Å²) in [4.78, 5) is 15.7. The van der Waals surface area contributed by atoms with Gasteiger partial charge in [-0.1, -0.05) is 30.3 Å². The Bertz CT molecular complexity index is 1090. The average Bonchev–Trinajstić information content (AvgIpc) is 3.12. The molecule has 0 aliphatic carbocycles. The fourth-order valence-electron chi connectivity index (χ4n) is 2.75. The number of hydrogen-bond donors (Lipinski definition) is 3.